The lowest BCUT2D eigenvalue weighted by Gasteiger charge is -2.32. The van der Waals surface area contributed by atoms with Gasteiger partial charge in [0.05, 0.1) is 11.2 Å². The van der Waals surface area contributed by atoms with Gasteiger partial charge in [-0.25, -0.2) is 0 Å². The van der Waals surface area contributed by atoms with Crippen molar-refractivity contribution in [2.75, 3.05) is 0 Å². The molecule has 0 unspecified atom stereocenters. The Morgan fingerprint density at radius 3 is 2.25 bits per heavy atom. The third kappa shape index (κ3) is 2.07. The van der Waals surface area contributed by atoms with E-state index in [4.69, 9.17) is 13.7 Å². The first kappa shape index (κ1) is 13.7. The Kier molecular flexibility index (Phi) is 3.00. The predicted octanol–water partition coefficient (Wildman–Crippen LogP) is 3.29. The highest BCUT2D eigenvalue weighted by Gasteiger charge is 2.51. The predicted molar refractivity (Wildman–Crippen MR) is 81.3 cm³/mol. The second-order valence-corrected chi connectivity index (χ2v) is 6.45. The molecule has 0 N–H and O–H groups in total. The van der Waals surface area contributed by atoms with E-state index in [1.165, 1.54) is 0 Å². The number of hydrogen-bond donors (Lipinski definition) is 0. The highest BCUT2D eigenvalue weighted by Crippen LogP contribution is 2.36. The van der Waals surface area contributed by atoms with Crippen LogP contribution >= 0.6 is 0 Å². The Morgan fingerprint density at radius 2 is 1.65 bits per heavy atom. The third-order valence-electron chi connectivity index (χ3n) is 4.47. The maximum atomic E-state index is 6.08. The van der Waals surface area contributed by atoms with Crippen molar-refractivity contribution >= 4 is 23.6 Å². The minimum Gasteiger partial charge on any atom is -0.461 e. The molecule has 1 aromatic heterocycles. The maximum absolute atomic E-state index is 6.08. The number of aryl methyl sites for hydroxylation is 1. The van der Waals surface area contributed by atoms with Crippen LogP contribution in [0.4, 0.5) is 0 Å². The number of hydrogen-bond acceptors (Lipinski definition) is 3. The first-order valence-electron chi connectivity index (χ1n) is 7.20. The van der Waals surface area contributed by atoms with Crippen LogP contribution in [0.5, 0.6) is 0 Å². The number of rotatable bonds is 2. The van der Waals surface area contributed by atoms with E-state index in [0.717, 1.165) is 28.6 Å². The number of benzene rings is 1. The lowest BCUT2D eigenvalue weighted by molar-refractivity contribution is 0.00578. The molecule has 2 aromatic rings. The quantitative estimate of drug-likeness (QED) is 0.786. The van der Waals surface area contributed by atoms with E-state index in [9.17, 15) is 0 Å². The Hall–Kier alpha value is -1.26. The summed E-state index contributed by atoms with van der Waals surface area (Å²) in [5.41, 5.74) is 1.34. The summed E-state index contributed by atoms with van der Waals surface area (Å²) in [6, 6.07) is 8.20. The summed E-state index contributed by atoms with van der Waals surface area (Å²) in [4.78, 5) is 0. The van der Waals surface area contributed by atoms with Gasteiger partial charge in [-0.3, -0.25) is 0 Å². The summed E-state index contributed by atoms with van der Waals surface area (Å²) in [5.74, 6) is 1.01. The Bertz CT molecular complexity index is 626. The van der Waals surface area contributed by atoms with Gasteiger partial charge < -0.3 is 13.7 Å². The van der Waals surface area contributed by atoms with Crippen LogP contribution in [-0.2, 0) is 15.7 Å². The highest BCUT2D eigenvalue weighted by atomic mass is 16.7. The van der Waals surface area contributed by atoms with E-state index in [2.05, 4.69) is 46.8 Å². The largest absolute Gasteiger partial charge is 0.494 e. The monoisotopic (exact) mass is 272 g/mol. The van der Waals surface area contributed by atoms with E-state index in [1.54, 1.807) is 0 Å². The zero-order valence-corrected chi connectivity index (χ0v) is 12.8. The van der Waals surface area contributed by atoms with E-state index in [-0.39, 0.29) is 18.3 Å². The van der Waals surface area contributed by atoms with Gasteiger partial charge in [0.2, 0.25) is 0 Å². The normalized spacial score (nSPS) is 20.8. The lowest BCUT2D eigenvalue weighted by Crippen LogP contribution is -2.41. The van der Waals surface area contributed by atoms with Crippen LogP contribution in [0, 0.1) is 0 Å². The van der Waals surface area contributed by atoms with Crippen molar-refractivity contribution in [3.8, 4) is 0 Å². The molecular weight excluding hydrogens is 251 g/mol. The molecular formula is C16H21BO3. The van der Waals surface area contributed by atoms with Crippen molar-refractivity contribution in [2.45, 2.75) is 52.2 Å². The molecule has 3 nitrogen and oxygen atoms in total. The molecule has 1 aliphatic heterocycles. The molecule has 3 rings (SSSR count). The minimum atomic E-state index is -0.315. The van der Waals surface area contributed by atoms with Crippen LogP contribution in [-0.4, -0.2) is 18.3 Å². The lowest BCUT2D eigenvalue weighted by atomic mass is 9.79. The summed E-state index contributed by atoms with van der Waals surface area (Å²) in [5, 5.41) is 1.11. The fraction of sp³-hybridized carbons (Fsp3) is 0.500. The first-order valence-corrected chi connectivity index (χ1v) is 7.20. The Labute approximate surface area is 120 Å². The van der Waals surface area contributed by atoms with Gasteiger partial charge in [-0.15, -0.1) is 0 Å². The zero-order chi connectivity index (χ0) is 14.5. The molecule has 0 amide bonds. The molecule has 0 aliphatic carbocycles. The molecule has 0 atom stereocenters. The smallest absolute Gasteiger partial charge is 0.461 e. The molecule has 2 heterocycles. The van der Waals surface area contributed by atoms with Gasteiger partial charge in [0.25, 0.3) is 0 Å². The van der Waals surface area contributed by atoms with Gasteiger partial charge in [0, 0.05) is 11.8 Å². The summed E-state index contributed by atoms with van der Waals surface area (Å²) in [6.45, 7) is 10.4. The molecule has 4 heteroatoms. The van der Waals surface area contributed by atoms with Gasteiger partial charge in [0.15, 0.2) is 0 Å². The van der Waals surface area contributed by atoms with Crippen LogP contribution in [0.1, 0.15) is 40.4 Å². The molecule has 0 bridgehead atoms. The second-order valence-electron chi connectivity index (χ2n) is 6.45. The van der Waals surface area contributed by atoms with E-state index in [0.29, 0.717) is 0 Å². The Morgan fingerprint density at radius 1 is 1.00 bits per heavy atom. The number of fused-ring (bicyclic) bond motifs is 1. The van der Waals surface area contributed by atoms with Crippen LogP contribution < -0.4 is 5.46 Å². The van der Waals surface area contributed by atoms with Crippen molar-refractivity contribution in [3.63, 3.8) is 0 Å². The molecule has 0 radical (unpaired) electrons. The van der Waals surface area contributed by atoms with Gasteiger partial charge in [-0.2, -0.15) is 0 Å². The summed E-state index contributed by atoms with van der Waals surface area (Å²) < 4.78 is 17.9. The van der Waals surface area contributed by atoms with E-state index in [1.807, 2.05) is 12.1 Å². The van der Waals surface area contributed by atoms with Crippen molar-refractivity contribution in [1.82, 2.24) is 0 Å². The van der Waals surface area contributed by atoms with Gasteiger partial charge in [-0.1, -0.05) is 19.1 Å². The van der Waals surface area contributed by atoms with Gasteiger partial charge >= 0.3 is 7.12 Å². The summed E-state index contributed by atoms with van der Waals surface area (Å²) >= 11 is 0. The molecule has 1 saturated heterocycles. The first-order chi connectivity index (χ1) is 9.32. The molecule has 106 valence electrons. The molecule has 20 heavy (non-hydrogen) atoms. The fourth-order valence-electron chi connectivity index (χ4n) is 2.42. The van der Waals surface area contributed by atoms with Crippen LogP contribution in [0.3, 0.4) is 0 Å². The standard InChI is InChI=1S/C16H21BO3/c1-6-13-10-11-9-12(7-8-14(11)18-13)17-19-15(2,3)16(4,5)20-17/h7-10H,6H2,1-5H3. The molecule has 0 saturated carbocycles. The van der Waals surface area contributed by atoms with Crippen molar-refractivity contribution in [3.05, 3.63) is 30.0 Å². The molecule has 1 aromatic carbocycles. The third-order valence-corrected chi connectivity index (χ3v) is 4.47. The molecule has 1 fully saturated rings. The average Bonchev–Trinajstić information content (AvgIpc) is 2.87. The SMILES string of the molecule is CCc1cc2cc(B3OC(C)(C)C(C)(C)O3)ccc2o1. The molecule has 0 spiro atoms. The maximum Gasteiger partial charge on any atom is 0.494 e. The summed E-state index contributed by atoms with van der Waals surface area (Å²) in [7, 11) is -0.315. The topological polar surface area (TPSA) is 31.6 Å². The van der Waals surface area contributed by atoms with Crippen molar-refractivity contribution < 1.29 is 13.7 Å². The number of furan rings is 1. The average molecular weight is 272 g/mol. The van der Waals surface area contributed by atoms with E-state index >= 15 is 0 Å². The minimum absolute atomic E-state index is 0.308. The van der Waals surface area contributed by atoms with Gasteiger partial charge in [0.1, 0.15) is 11.3 Å². The van der Waals surface area contributed by atoms with Crippen LogP contribution in [0.2, 0.25) is 0 Å². The van der Waals surface area contributed by atoms with Crippen molar-refractivity contribution in [1.29, 1.82) is 0 Å². The van der Waals surface area contributed by atoms with Crippen LogP contribution in [0.15, 0.2) is 28.7 Å². The van der Waals surface area contributed by atoms with Crippen LogP contribution in [0.25, 0.3) is 11.0 Å². The van der Waals surface area contributed by atoms with Crippen molar-refractivity contribution in [2.24, 2.45) is 0 Å². The zero-order valence-electron chi connectivity index (χ0n) is 12.8. The second kappa shape index (κ2) is 4.37. The Balaban J connectivity index is 1.95. The summed E-state index contributed by atoms with van der Waals surface area (Å²) in [6.07, 6.45) is 0.903. The highest BCUT2D eigenvalue weighted by molar-refractivity contribution is 6.62. The van der Waals surface area contributed by atoms with E-state index < -0.39 is 0 Å². The fourth-order valence-corrected chi connectivity index (χ4v) is 2.42. The van der Waals surface area contributed by atoms with Gasteiger partial charge in [-0.05, 0) is 45.3 Å². The molecule has 1 aliphatic rings.